The summed E-state index contributed by atoms with van der Waals surface area (Å²) in [6.45, 7) is 0. The highest BCUT2D eigenvalue weighted by Crippen LogP contribution is 2.22. The first-order chi connectivity index (χ1) is 8.33. The maximum Gasteiger partial charge on any atom is 0.110 e. The standard InChI is InChI=1S/C13H13N3S/c14-13(12-2-1-7-17-12)16-10-4-3-9-5-6-15-11(9)8-10/h1-8,13,15-16H,14H2. The van der Waals surface area contributed by atoms with Crippen molar-refractivity contribution in [3.05, 3.63) is 52.9 Å². The average Bonchev–Trinajstić information content (AvgIpc) is 2.99. The van der Waals surface area contributed by atoms with E-state index in [1.165, 1.54) is 5.39 Å². The van der Waals surface area contributed by atoms with Crippen LogP contribution in [-0.4, -0.2) is 4.98 Å². The molecule has 1 unspecified atom stereocenters. The Morgan fingerprint density at radius 2 is 2.18 bits per heavy atom. The quantitative estimate of drug-likeness (QED) is 0.618. The summed E-state index contributed by atoms with van der Waals surface area (Å²) in [5.41, 5.74) is 8.23. The van der Waals surface area contributed by atoms with Crippen LogP contribution in [0.25, 0.3) is 10.9 Å². The highest BCUT2D eigenvalue weighted by atomic mass is 32.1. The number of thiophene rings is 1. The van der Waals surface area contributed by atoms with Crippen molar-refractivity contribution in [3.8, 4) is 0 Å². The van der Waals surface area contributed by atoms with Gasteiger partial charge in [-0.1, -0.05) is 12.1 Å². The maximum absolute atomic E-state index is 6.08. The zero-order chi connectivity index (χ0) is 11.7. The van der Waals surface area contributed by atoms with Crippen molar-refractivity contribution in [1.29, 1.82) is 0 Å². The molecule has 0 saturated heterocycles. The van der Waals surface area contributed by atoms with Gasteiger partial charge in [-0.15, -0.1) is 11.3 Å². The van der Waals surface area contributed by atoms with Gasteiger partial charge in [-0.25, -0.2) is 0 Å². The van der Waals surface area contributed by atoms with E-state index in [9.17, 15) is 0 Å². The van der Waals surface area contributed by atoms with Crippen LogP contribution in [0, 0.1) is 0 Å². The van der Waals surface area contributed by atoms with Crippen molar-refractivity contribution in [3.63, 3.8) is 0 Å². The lowest BCUT2D eigenvalue weighted by Crippen LogP contribution is -2.18. The number of nitrogens with two attached hydrogens (primary N) is 1. The first-order valence-corrected chi connectivity index (χ1v) is 6.33. The van der Waals surface area contributed by atoms with Crippen LogP contribution in [0.2, 0.25) is 0 Å². The normalized spacial score (nSPS) is 12.8. The van der Waals surface area contributed by atoms with E-state index in [1.807, 2.05) is 29.8 Å². The lowest BCUT2D eigenvalue weighted by atomic mass is 10.2. The van der Waals surface area contributed by atoms with Gasteiger partial charge in [0.25, 0.3) is 0 Å². The number of aromatic nitrogens is 1. The van der Waals surface area contributed by atoms with Crippen molar-refractivity contribution in [1.82, 2.24) is 4.98 Å². The van der Waals surface area contributed by atoms with Gasteiger partial charge in [0.1, 0.15) is 6.17 Å². The Bertz CT molecular complexity index is 612. The van der Waals surface area contributed by atoms with Gasteiger partial charge in [-0.2, -0.15) is 0 Å². The Morgan fingerprint density at radius 1 is 1.24 bits per heavy atom. The van der Waals surface area contributed by atoms with Gasteiger partial charge in [-0.05, 0) is 35.0 Å². The molecule has 0 amide bonds. The number of anilines is 1. The number of nitrogens with one attached hydrogen (secondary N) is 2. The van der Waals surface area contributed by atoms with Crippen molar-refractivity contribution >= 4 is 27.9 Å². The number of benzene rings is 1. The summed E-state index contributed by atoms with van der Waals surface area (Å²) in [6.07, 6.45) is 1.79. The Hall–Kier alpha value is -1.78. The lowest BCUT2D eigenvalue weighted by molar-refractivity contribution is 0.857. The summed E-state index contributed by atoms with van der Waals surface area (Å²) in [5.74, 6) is 0. The molecule has 0 fully saturated rings. The largest absolute Gasteiger partial charge is 0.365 e. The molecule has 0 spiro atoms. The van der Waals surface area contributed by atoms with E-state index in [-0.39, 0.29) is 6.17 Å². The van der Waals surface area contributed by atoms with Crippen LogP contribution >= 0.6 is 11.3 Å². The highest BCUT2D eigenvalue weighted by molar-refractivity contribution is 7.10. The predicted molar refractivity (Wildman–Crippen MR) is 73.2 cm³/mol. The summed E-state index contributed by atoms with van der Waals surface area (Å²) < 4.78 is 0. The fourth-order valence-electron chi connectivity index (χ4n) is 1.86. The molecular formula is C13H13N3S. The summed E-state index contributed by atoms with van der Waals surface area (Å²) in [5, 5.41) is 6.54. The van der Waals surface area contributed by atoms with Crippen LogP contribution in [0.15, 0.2) is 48.0 Å². The van der Waals surface area contributed by atoms with E-state index in [0.717, 1.165) is 16.1 Å². The molecule has 4 heteroatoms. The van der Waals surface area contributed by atoms with Crippen molar-refractivity contribution < 1.29 is 0 Å². The van der Waals surface area contributed by atoms with E-state index in [4.69, 9.17) is 5.73 Å². The molecule has 2 aromatic heterocycles. The third kappa shape index (κ3) is 2.05. The van der Waals surface area contributed by atoms with Gasteiger partial charge in [0, 0.05) is 22.3 Å². The second kappa shape index (κ2) is 4.24. The summed E-state index contributed by atoms with van der Waals surface area (Å²) in [4.78, 5) is 4.33. The molecular weight excluding hydrogens is 230 g/mol. The van der Waals surface area contributed by atoms with Crippen molar-refractivity contribution in [2.45, 2.75) is 6.17 Å². The first kappa shape index (κ1) is 10.4. The highest BCUT2D eigenvalue weighted by Gasteiger charge is 2.06. The number of rotatable bonds is 3. The Balaban J connectivity index is 1.84. The average molecular weight is 243 g/mol. The first-order valence-electron chi connectivity index (χ1n) is 5.45. The molecule has 0 bridgehead atoms. The second-order valence-corrected chi connectivity index (χ2v) is 4.90. The number of hydrogen-bond donors (Lipinski definition) is 3. The molecule has 17 heavy (non-hydrogen) atoms. The Morgan fingerprint density at radius 3 is 3.00 bits per heavy atom. The van der Waals surface area contributed by atoms with Crippen LogP contribution in [0.1, 0.15) is 11.0 Å². The lowest BCUT2D eigenvalue weighted by Gasteiger charge is -2.13. The van der Waals surface area contributed by atoms with E-state index >= 15 is 0 Å². The zero-order valence-electron chi connectivity index (χ0n) is 9.18. The molecule has 0 aliphatic rings. The minimum Gasteiger partial charge on any atom is -0.365 e. The Kier molecular flexibility index (Phi) is 2.59. The van der Waals surface area contributed by atoms with Gasteiger partial charge in [0.2, 0.25) is 0 Å². The monoisotopic (exact) mass is 243 g/mol. The molecule has 0 saturated carbocycles. The van der Waals surface area contributed by atoms with Crippen molar-refractivity contribution in [2.75, 3.05) is 5.32 Å². The molecule has 3 nitrogen and oxygen atoms in total. The van der Waals surface area contributed by atoms with Crippen molar-refractivity contribution in [2.24, 2.45) is 5.73 Å². The topological polar surface area (TPSA) is 53.8 Å². The molecule has 1 aromatic carbocycles. The summed E-state index contributed by atoms with van der Waals surface area (Å²) >= 11 is 1.66. The van der Waals surface area contributed by atoms with Gasteiger partial charge in [0.15, 0.2) is 0 Å². The van der Waals surface area contributed by atoms with Gasteiger partial charge >= 0.3 is 0 Å². The third-order valence-corrected chi connectivity index (χ3v) is 3.68. The predicted octanol–water partition coefficient (Wildman–Crippen LogP) is 3.30. The van der Waals surface area contributed by atoms with Crippen LogP contribution in [0.5, 0.6) is 0 Å². The maximum atomic E-state index is 6.08. The molecule has 86 valence electrons. The SMILES string of the molecule is NC(Nc1ccc2cc[nH]c2c1)c1cccs1. The fraction of sp³-hybridized carbons (Fsp3) is 0.0769. The van der Waals surface area contributed by atoms with Gasteiger partial charge in [0.05, 0.1) is 0 Å². The number of aromatic amines is 1. The smallest absolute Gasteiger partial charge is 0.110 e. The fourth-order valence-corrected chi connectivity index (χ4v) is 2.53. The number of hydrogen-bond acceptors (Lipinski definition) is 3. The van der Waals surface area contributed by atoms with E-state index in [0.29, 0.717) is 0 Å². The van der Waals surface area contributed by atoms with E-state index in [1.54, 1.807) is 11.3 Å². The minimum absolute atomic E-state index is 0.151. The third-order valence-electron chi connectivity index (χ3n) is 2.73. The van der Waals surface area contributed by atoms with E-state index < -0.39 is 0 Å². The molecule has 0 radical (unpaired) electrons. The number of fused-ring (bicyclic) bond motifs is 1. The molecule has 2 heterocycles. The van der Waals surface area contributed by atoms with Crippen LogP contribution < -0.4 is 11.1 Å². The number of H-pyrrole nitrogens is 1. The van der Waals surface area contributed by atoms with Crippen LogP contribution in [0.3, 0.4) is 0 Å². The van der Waals surface area contributed by atoms with Gasteiger partial charge in [-0.3, -0.25) is 0 Å². The second-order valence-electron chi connectivity index (χ2n) is 3.92. The Labute approximate surface area is 103 Å². The van der Waals surface area contributed by atoms with Crippen LogP contribution in [-0.2, 0) is 0 Å². The van der Waals surface area contributed by atoms with Gasteiger partial charge < -0.3 is 16.0 Å². The molecule has 3 aromatic rings. The molecule has 3 rings (SSSR count). The molecule has 4 N–H and O–H groups in total. The summed E-state index contributed by atoms with van der Waals surface area (Å²) in [6, 6.07) is 12.3. The minimum atomic E-state index is -0.151. The summed E-state index contributed by atoms with van der Waals surface area (Å²) in [7, 11) is 0. The van der Waals surface area contributed by atoms with Crippen LogP contribution in [0.4, 0.5) is 5.69 Å². The molecule has 0 aliphatic carbocycles. The molecule has 1 atom stereocenters. The zero-order valence-corrected chi connectivity index (χ0v) is 10.00. The molecule has 0 aliphatic heterocycles. The van der Waals surface area contributed by atoms with E-state index in [2.05, 4.69) is 28.5 Å².